The van der Waals surface area contributed by atoms with Crippen molar-refractivity contribution in [3.63, 3.8) is 0 Å². The molecule has 1 saturated heterocycles. The first-order chi connectivity index (χ1) is 7.20. The molecule has 16 heavy (non-hydrogen) atoms. The van der Waals surface area contributed by atoms with E-state index in [1.54, 1.807) is 0 Å². The van der Waals surface area contributed by atoms with Gasteiger partial charge >= 0.3 is 12.3 Å². The van der Waals surface area contributed by atoms with Crippen molar-refractivity contribution in [3.05, 3.63) is 0 Å². The van der Waals surface area contributed by atoms with Gasteiger partial charge in [-0.05, 0) is 0 Å². The Hall–Kier alpha value is -1.31. The van der Waals surface area contributed by atoms with E-state index in [4.69, 9.17) is 5.11 Å². The number of carbonyl (C=O) groups excluding carboxylic acids is 1. The van der Waals surface area contributed by atoms with Gasteiger partial charge in [0.25, 0.3) is 0 Å². The fourth-order valence-electron chi connectivity index (χ4n) is 1.65. The molecule has 0 aromatic carbocycles. The number of hydrogen-bond acceptors (Lipinski definition) is 3. The predicted octanol–water partition coefficient (Wildman–Crippen LogP) is 0.597. The molecule has 0 aliphatic carbocycles. The smallest absolute Gasteiger partial charge is 0.480 e. The molecule has 1 heterocycles. The van der Waals surface area contributed by atoms with Crippen molar-refractivity contribution in [2.24, 2.45) is 0 Å². The number of ether oxygens (including phenoxy) is 1. The van der Waals surface area contributed by atoms with Gasteiger partial charge in [0.05, 0.1) is 6.10 Å². The highest BCUT2D eigenvalue weighted by Gasteiger charge is 2.43. The number of carboxylic acid groups (broad SMARTS) is 1. The van der Waals surface area contributed by atoms with Crippen molar-refractivity contribution in [2.75, 3.05) is 6.54 Å². The summed E-state index contributed by atoms with van der Waals surface area (Å²) < 4.78 is 39.4. The molecule has 1 amide bonds. The fraction of sp³-hybridized carbons (Fsp3) is 0.750. The maximum Gasteiger partial charge on any atom is 0.522 e. The summed E-state index contributed by atoms with van der Waals surface area (Å²) in [6.07, 6.45) is -6.49. The predicted molar refractivity (Wildman–Crippen MR) is 44.4 cm³/mol. The van der Waals surface area contributed by atoms with Crippen LogP contribution in [0.3, 0.4) is 0 Å². The second-order valence-electron chi connectivity index (χ2n) is 3.45. The third-order valence-electron chi connectivity index (χ3n) is 2.25. The topological polar surface area (TPSA) is 66.8 Å². The number of aliphatic carboxylic acids is 1. The van der Waals surface area contributed by atoms with Crippen molar-refractivity contribution in [2.45, 2.75) is 31.9 Å². The third kappa shape index (κ3) is 3.09. The van der Waals surface area contributed by atoms with Gasteiger partial charge in [-0.15, -0.1) is 13.2 Å². The molecule has 1 rings (SSSR count). The van der Waals surface area contributed by atoms with Crippen molar-refractivity contribution < 1.29 is 32.6 Å². The number of alkyl halides is 3. The zero-order chi connectivity index (χ0) is 12.5. The lowest BCUT2D eigenvalue weighted by Gasteiger charge is -2.18. The molecule has 2 atom stereocenters. The average Bonchev–Trinajstić information content (AvgIpc) is 2.44. The van der Waals surface area contributed by atoms with Crippen LogP contribution in [0.25, 0.3) is 0 Å². The summed E-state index contributed by atoms with van der Waals surface area (Å²) in [4.78, 5) is 22.6. The van der Waals surface area contributed by atoms with E-state index in [2.05, 4.69) is 4.74 Å². The minimum Gasteiger partial charge on any atom is -0.480 e. The van der Waals surface area contributed by atoms with Gasteiger partial charge in [0, 0.05) is 19.9 Å². The normalized spacial score (nSPS) is 25.9. The Morgan fingerprint density at radius 3 is 2.31 bits per heavy atom. The van der Waals surface area contributed by atoms with Crippen molar-refractivity contribution in [1.29, 1.82) is 0 Å². The third-order valence-corrected chi connectivity index (χ3v) is 2.25. The lowest BCUT2D eigenvalue weighted by molar-refractivity contribution is -0.340. The number of halogens is 3. The molecule has 1 aliphatic rings. The first-order valence-electron chi connectivity index (χ1n) is 4.45. The van der Waals surface area contributed by atoms with Gasteiger partial charge in [-0.2, -0.15) is 0 Å². The van der Waals surface area contributed by atoms with Crippen LogP contribution >= 0.6 is 0 Å². The molecule has 0 saturated carbocycles. The molecule has 0 bridgehead atoms. The molecule has 1 aliphatic heterocycles. The average molecular weight is 241 g/mol. The summed E-state index contributed by atoms with van der Waals surface area (Å²) in [6.45, 7) is 0.748. The molecule has 5 nitrogen and oxygen atoms in total. The van der Waals surface area contributed by atoms with E-state index in [0.29, 0.717) is 0 Å². The molecule has 8 heteroatoms. The highest BCUT2D eigenvalue weighted by molar-refractivity contribution is 5.83. The van der Waals surface area contributed by atoms with E-state index in [1.165, 1.54) is 0 Å². The maximum absolute atomic E-state index is 11.9. The van der Waals surface area contributed by atoms with E-state index in [-0.39, 0.29) is 13.0 Å². The van der Waals surface area contributed by atoms with Crippen molar-refractivity contribution in [1.82, 2.24) is 4.90 Å². The second kappa shape index (κ2) is 4.28. The van der Waals surface area contributed by atoms with Crippen LogP contribution in [-0.4, -0.2) is 46.9 Å². The summed E-state index contributed by atoms with van der Waals surface area (Å²) >= 11 is 0. The lowest BCUT2D eigenvalue weighted by Crippen LogP contribution is -2.39. The zero-order valence-corrected chi connectivity index (χ0v) is 8.32. The standard InChI is InChI=1S/C8H10F3NO4/c1-4(13)12-3-5(16-8(9,10)11)2-6(12)7(14)15/h5-6H,2-3H2,1H3,(H,14,15)/t5-,6-/m1/s1. The quantitative estimate of drug-likeness (QED) is 0.768. The summed E-state index contributed by atoms with van der Waals surface area (Å²) in [6, 6.07) is -1.25. The molecule has 0 aromatic rings. The first kappa shape index (κ1) is 12.8. The van der Waals surface area contributed by atoms with Crippen LogP contribution in [0, 0.1) is 0 Å². The van der Waals surface area contributed by atoms with Gasteiger partial charge in [0.15, 0.2) is 0 Å². The number of likely N-dealkylation sites (tertiary alicyclic amines) is 1. The fourth-order valence-corrected chi connectivity index (χ4v) is 1.65. The van der Waals surface area contributed by atoms with Crippen LogP contribution < -0.4 is 0 Å². The largest absolute Gasteiger partial charge is 0.522 e. The summed E-state index contributed by atoms with van der Waals surface area (Å²) in [7, 11) is 0. The van der Waals surface area contributed by atoms with Crippen LogP contribution in [0.2, 0.25) is 0 Å². The second-order valence-corrected chi connectivity index (χ2v) is 3.45. The van der Waals surface area contributed by atoms with Crippen LogP contribution in [0.15, 0.2) is 0 Å². The number of amides is 1. The Bertz CT molecular complexity index is 282. The van der Waals surface area contributed by atoms with Gasteiger partial charge in [-0.1, -0.05) is 0 Å². The molecule has 0 radical (unpaired) electrons. The monoisotopic (exact) mass is 241 g/mol. The summed E-state index contributed by atoms with van der Waals surface area (Å²) in [5, 5.41) is 8.72. The van der Waals surface area contributed by atoms with Crippen LogP contribution in [0.5, 0.6) is 0 Å². The number of carbonyl (C=O) groups is 2. The SMILES string of the molecule is CC(=O)N1C[C@H](OC(F)(F)F)C[C@@H]1C(=O)O. The van der Waals surface area contributed by atoms with Crippen LogP contribution in [0.1, 0.15) is 13.3 Å². The molecule has 0 spiro atoms. The number of carboxylic acids is 1. The van der Waals surface area contributed by atoms with Gasteiger partial charge in [-0.25, -0.2) is 4.79 Å². The van der Waals surface area contributed by atoms with E-state index < -0.39 is 30.4 Å². The molecule has 92 valence electrons. The van der Waals surface area contributed by atoms with E-state index >= 15 is 0 Å². The highest BCUT2D eigenvalue weighted by atomic mass is 19.4. The molecular formula is C8H10F3NO4. The summed E-state index contributed by atoms with van der Waals surface area (Å²) in [5.74, 6) is -1.91. The maximum atomic E-state index is 11.9. The minimum absolute atomic E-state index is 0.353. The molecular weight excluding hydrogens is 231 g/mol. The van der Waals surface area contributed by atoms with Gasteiger partial charge in [0.1, 0.15) is 6.04 Å². The zero-order valence-electron chi connectivity index (χ0n) is 8.32. The number of hydrogen-bond donors (Lipinski definition) is 1. The Labute approximate surface area is 88.8 Å². The van der Waals surface area contributed by atoms with Gasteiger partial charge in [-0.3, -0.25) is 9.53 Å². The minimum atomic E-state index is -4.82. The van der Waals surface area contributed by atoms with Gasteiger partial charge < -0.3 is 10.0 Å². The highest BCUT2D eigenvalue weighted by Crippen LogP contribution is 2.27. The Balaban J connectivity index is 2.69. The van der Waals surface area contributed by atoms with E-state index in [1.807, 2.05) is 0 Å². The lowest BCUT2D eigenvalue weighted by atomic mass is 10.2. The molecule has 1 fully saturated rings. The van der Waals surface area contributed by atoms with Crippen LogP contribution in [-0.2, 0) is 14.3 Å². The van der Waals surface area contributed by atoms with Crippen molar-refractivity contribution in [3.8, 4) is 0 Å². The first-order valence-corrected chi connectivity index (χ1v) is 4.45. The molecule has 1 N–H and O–H groups in total. The number of nitrogens with zero attached hydrogens (tertiary/aromatic N) is 1. The number of rotatable bonds is 2. The molecule has 0 unspecified atom stereocenters. The Kier molecular flexibility index (Phi) is 3.41. The summed E-state index contributed by atoms with van der Waals surface area (Å²) in [5.41, 5.74) is 0. The van der Waals surface area contributed by atoms with Gasteiger partial charge in [0.2, 0.25) is 5.91 Å². The van der Waals surface area contributed by atoms with E-state index in [9.17, 15) is 22.8 Å². The Morgan fingerprint density at radius 2 is 2.00 bits per heavy atom. The van der Waals surface area contributed by atoms with Crippen molar-refractivity contribution >= 4 is 11.9 Å². The Morgan fingerprint density at radius 1 is 1.44 bits per heavy atom. The van der Waals surface area contributed by atoms with Crippen LogP contribution in [0.4, 0.5) is 13.2 Å². The molecule has 0 aromatic heterocycles. The van der Waals surface area contributed by atoms with E-state index in [0.717, 1.165) is 11.8 Å².